The van der Waals surface area contributed by atoms with Gasteiger partial charge in [-0.2, -0.15) is 0 Å². The molecule has 9 rings (SSSR count). The number of nitrogens with zero attached hydrogens (tertiary/aromatic N) is 4. The molecule has 0 radical (unpaired) electrons. The fourth-order valence-electron chi connectivity index (χ4n) is 6.23. The lowest BCUT2D eigenvalue weighted by Gasteiger charge is -2.10. The van der Waals surface area contributed by atoms with Gasteiger partial charge in [0.2, 0.25) is 0 Å². The van der Waals surface area contributed by atoms with Crippen molar-refractivity contribution < 1.29 is 0 Å². The van der Waals surface area contributed by atoms with Gasteiger partial charge < -0.3 is 0 Å². The summed E-state index contributed by atoms with van der Waals surface area (Å²) < 4.78 is 2.42. The van der Waals surface area contributed by atoms with Gasteiger partial charge in [-0.15, -0.1) is 11.3 Å². The summed E-state index contributed by atoms with van der Waals surface area (Å²) in [6, 6.07) is 58.5. The quantitative estimate of drug-likeness (QED) is 0.181. The molecule has 0 spiro atoms. The molecule has 5 heteroatoms. The van der Waals surface area contributed by atoms with Gasteiger partial charge in [-0.05, 0) is 36.4 Å². The zero-order valence-electron chi connectivity index (χ0n) is 26.4. The van der Waals surface area contributed by atoms with E-state index in [0.29, 0.717) is 11.6 Å². The topological polar surface area (TPSA) is 51.6 Å². The number of rotatable bonds is 6. The Kier molecular flexibility index (Phi) is 7.30. The van der Waals surface area contributed by atoms with Crippen molar-refractivity contribution in [2.45, 2.75) is 0 Å². The van der Waals surface area contributed by atoms with E-state index in [9.17, 15) is 0 Å². The minimum absolute atomic E-state index is 0.709. The highest BCUT2D eigenvalue weighted by atomic mass is 32.1. The number of fused-ring (bicyclic) bond motifs is 3. The summed E-state index contributed by atoms with van der Waals surface area (Å²) in [4.78, 5) is 20.2. The first-order valence-corrected chi connectivity index (χ1v) is 17.0. The molecule has 0 saturated heterocycles. The van der Waals surface area contributed by atoms with Crippen molar-refractivity contribution in [1.29, 1.82) is 0 Å². The molecule has 0 amide bonds. The van der Waals surface area contributed by atoms with E-state index in [1.54, 1.807) is 11.3 Å². The molecule has 49 heavy (non-hydrogen) atoms. The summed E-state index contributed by atoms with van der Waals surface area (Å²) in [6.45, 7) is 0. The van der Waals surface area contributed by atoms with Crippen LogP contribution in [-0.2, 0) is 0 Å². The van der Waals surface area contributed by atoms with Crippen molar-refractivity contribution in [3.8, 4) is 67.8 Å². The van der Waals surface area contributed by atoms with Gasteiger partial charge in [-0.25, -0.2) is 19.9 Å². The maximum atomic E-state index is 5.07. The van der Waals surface area contributed by atoms with Crippen LogP contribution in [0, 0.1) is 0 Å². The lowest BCUT2D eigenvalue weighted by Crippen LogP contribution is -1.96. The second-order valence-electron chi connectivity index (χ2n) is 11.9. The molecule has 0 aliphatic carbocycles. The zero-order chi connectivity index (χ0) is 32.6. The number of benzene rings is 6. The molecular formula is C44H28N4S. The third-order valence-electron chi connectivity index (χ3n) is 8.72. The molecule has 0 aliphatic rings. The van der Waals surface area contributed by atoms with Crippen molar-refractivity contribution in [1.82, 2.24) is 19.9 Å². The van der Waals surface area contributed by atoms with E-state index >= 15 is 0 Å². The molecule has 0 saturated carbocycles. The maximum Gasteiger partial charge on any atom is 0.160 e. The number of thiophene rings is 1. The standard InChI is InChI=1S/C44H28N4S/c1-5-13-29(14-6-1)37-27-38(30-15-7-2-8-16-30)47-44(46-37)34-22-24-41-36(25-34)35-23-21-33(26-42(35)49-41)40-28-39(31-17-9-3-10-18-31)45-43(48-40)32-19-11-4-12-20-32/h1-28H. The molecular weight excluding hydrogens is 617 g/mol. The van der Waals surface area contributed by atoms with Crippen LogP contribution in [0.5, 0.6) is 0 Å². The highest BCUT2D eigenvalue weighted by molar-refractivity contribution is 7.25. The van der Waals surface area contributed by atoms with E-state index in [1.165, 1.54) is 20.2 Å². The molecule has 230 valence electrons. The first-order chi connectivity index (χ1) is 24.2. The summed E-state index contributed by atoms with van der Waals surface area (Å²) >= 11 is 1.79. The SMILES string of the molecule is c1ccc(-c2cc(-c3ccc4c(c3)sc3ccc(-c5nc(-c6ccccc6)cc(-c6ccccc6)n5)cc34)nc(-c3ccccc3)n2)cc1. The van der Waals surface area contributed by atoms with Crippen molar-refractivity contribution in [2.24, 2.45) is 0 Å². The normalized spacial score (nSPS) is 11.3. The molecule has 0 bridgehead atoms. The average molecular weight is 645 g/mol. The Bertz CT molecular complexity index is 2470. The third-order valence-corrected chi connectivity index (χ3v) is 9.85. The first-order valence-electron chi connectivity index (χ1n) is 16.2. The van der Waals surface area contributed by atoms with Gasteiger partial charge in [0.1, 0.15) is 0 Å². The van der Waals surface area contributed by atoms with Gasteiger partial charge in [-0.1, -0.05) is 133 Å². The maximum absolute atomic E-state index is 5.07. The minimum Gasteiger partial charge on any atom is -0.228 e. The fourth-order valence-corrected chi connectivity index (χ4v) is 7.36. The molecule has 6 aromatic carbocycles. The van der Waals surface area contributed by atoms with E-state index in [1.807, 2.05) is 72.8 Å². The van der Waals surface area contributed by atoms with Crippen LogP contribution in [0.25, 0.3) is 88.0 Å². The number of aromatic nitrogens is 4. The van der Waals surface area contributed by atoms with Gasteiger partial charge in [0.05, 0.1) is 22.8 Å². The highest BCUT2D eigenvalue weighted by Gasteiger charge is 2.15. The highest BCUT2D eigenvalue weighted by Crippen LogP contribution is 2.39. The van der Waals surface area contributed by atoms with E-state index in [4.69, 9.17) is 19.9 Å². The van der Waals surface area contributed by atoms with E-state index in [-0.39, 0.29) is 0 Å². The van der Waals surface area contributed by atoms with E-state index in [2.05, 4.69) is 97.1 Å². The smallest absolute Gasteiger partial charge is 0.160 e. The van der Waals surface area contributed by atoms with Crippen molar-refractivity contribution in [3.05, 3.63) is 170 Å². The van der Waals surface area contributed by atoms with E-state index < -0.39 is 0 Å². The van der Waals surface area contributed by atoms with Crippen LogP contribution >= 0.6 is 11.3 Å². The van der Waals surface area contributed by atoms with Gasteiger partial charge in [0, 0.05) is 53.6 Å². The van der Waals surface area contributed by atoms with Crippen molar-refractivity contribution in [2.75, 3.05) is 0 Å². The van der Waals surface area contributed by atoms with Crippen LogP contribution in [0.3, 0.4) is 0 Å². The largest absolute Gasteiger partial charge is 0.228 e. The van der Waals surface area contributed by atoms with Crippen LogP contribution in [0.2, 0.25) is 0 Å². The van der Waals surface area contributed by atoms with Crippen LogP contribution in [0.15, 0.2) is 170 Å². The second kappa shape index (κ2) is 12.4. The Morgan fingerprint density at radius 2 is 0.714 bits per heavy atom. The Hall–Kier alpha value is -6.30. The molecule has 0 fully saturated rings. The van der Waals surface area contributed by atoms with Crippen molar-refractivity contribution >= 4 is 31.5 Å². The Morgan fingerprint density at radius 1 is 0.286 bits per heavy atom. The Balaban J connectivity index is 1.15. The van der Waals surface area contributed by atoms with Gasteiger partial charge in [0.15, 0.2) is 11.6 Å². The summed E-state index contributed by atoms with van der Waals surface area (Å²) in [5.41, 5.74) is 9.83. The van der Waals surface area contributed by atoms with Gasteiger partial charge in [0.25, 0.3) is 0 Å². The summed E-state index contributed by atoms with van der Waals surface area (Å²) in [5, 5.41) is 2.39. The van der Waals surface area contributed by atoms with Gasteiger partial charge >= 0.3 is 0 Å². The Labute approximate surface area is 288 Å². The number of hydrogen-bond donors (Lipinski definition) is 0. The summed E-state index contributed by atoms with van der Waals surface area (Å²) in [6.07, 6.45) is 0. The third kappa shape index (κ3) is 5.67. The summed E-state index contributed by atoms with van der Waals surface area (Å²) in [5.74, 6) is 1.42. The fraction of sp³-hybridized carbons (Fsp3) is 0. The van der Waals surface area contributed by atoms with Gasteiger partial charge in [-0.3, -0.25) is 0 Å². The molecule has 0 N–H and O–H groups in total. The predicted molar refractivity (Wildman–Crippen MR) is 203 cm³/mol. The lowest BCUT2D eigenvalue weighted by molar-refractivity contribution is 1.18. The predicted octanol–water partition coefficient (Wildman–Crippen LogP) is 11.6. The lowest BCUT2D eigenvalue weighted by atomic mass is 10.0. The van der Waals surface area contributed by atoms with Crippen LogP contribution in [-0.4, -0.2) is 19.9 Å². The zero-order valence-corrected chi connectivity index (χ0v) is 27.2. The average Bonchev–Trinajstić information content (AvgIpc) is 3.56. The first kappa shape index (κ1) is 28.9. The second-order valence-corrected chi connectivity index (χ2v) is 13.0. The van der Waals surface area contributed by atoms with Crippen LogP contribution in [0.4, 0.5) is 0 Å². The molecule has 4 nitrogen and oxygen atoms in total. The van der Waals surface area contributed by atoms with E-state index in [0.717, 1.165) is 56.2 Å². The minimum atomic E-state index is 0.709. The Morgan fingerprint density at radius 3 is 1.22 bits per heavy atom. The summed E-state index contributed by atoms with van der Waals surface area (Å²) in [7, 11) is 0. The molecule has 3 heterocycles. The molecule has 9 aromatic rings. The van der Waals surface area contributed by atoms with Crippen molar-refractivity contribution in [3.63, 3.8) is 0 Å². The number of hydrogen-bond acceptors (Lipinski definition) is 5. The molecule has 0 atom stereocenters. The monoisotopic (exact) mass is 644 g/mol. The molecule has 3 aromatic heterocycles. The molecule has 0 aliphatic heterocycles. The molecule has 0 unspecified atom stereocenters. The van der Waals surface area contributed by atoms with Crippen LogP contribution < -0.4 is 0 Å². The van der Waals surface area contributed by atoms with Crippen LogP contribution in [0.1, 0.15) is 0 Å².